The Hall–Kier alpha value is -7.04. The highest BCUT2D eigenvalue weighted by atomic mass is 16.3. The van der Waals surface area contributed by atoms with Crippen LogP contribution in [0.5, 0.6) is 5.75 Å². The normalized spacial score (nSPS) is 15.5. The third kappa shape index (κ3) is 8.10. The topological polar surface area (TPSA) is 50.9 Å². The van der Waals surface area contributed by atoms with Crippen LogP contribution < -0.4 is 0 Å². The van der Waals surface area contributed by atoms with Gasteiger partial charge in [0, 0.05) is 33.8 Å². The number of aromatic nitrogens is 3. The van der Waals surface area contributed by atoms with E-state index in [0.717, 1.165) is 50.1 Å². The molecule has 0 bridgehead atoms. The number of nitrogens with zero attached hydrogens (tertiary/aromatic N) is 3. The van der Waals surface area contributed by atoms with E-state index in [4.69, 9.17) is 26.4 Å². The number of para-hydroxylation sites is 1. The molecule has 0 radical (unpaired) electrons. The third-order valence-corrected chi connectivity index (χ3v) is 11.8. The standard InChI is InChI=1S/C59H55N3O/c1-37(2)45-34-51(38(3)4)57(63)52(35-45)58-61-56-50(20-15-21-55(56)62(58)54-27-24-43(30-39(54)5)40-16-11-9-12-17-40)47-31-46(41-18-13-10-14-19-41)32-48(33-47)53-36-44(28-29-60-53)42-22-25-49(26-23-42)59(6,7)8/h9-38,63H,1-8H3/i5D3,6D3,7D3,8D3. The SMILES string of the molecule is [2H]C([2H])([2H])c1cc(-c2ccccc2)ccc1-n1c(-c2cc(C(C)C)cc(C(C)C)c2O)nc2c(-c3cc(-c4ccccc4)cc(-c4cc(-c5ccc(C(C([2H])([2H])[2H])(C([2H])([2H])[2H])C([2H])([2H])[2H])cc5)ccn4)c3)cccc21. The van der Waals surface area contributed by atoms with E-state index in [0.29, 0.717) is 44.9 Å². The summed E-state index contributed by atoms with van der Waals surface area (Å²) in [5.41, 5.74) is 7.73. The highest BCUT2D eigenvalue weighted by molar-refractivity contribution is 5.98. The zero-order valence-electron chi connectivity index (χ0n) is 47.6. The van der Waals surface area contributed by atoms with Crippen molar-refractivity contribution in [2.75, 3.05) is 0 Å². The summed E-state index contributed by atoms with van der Waals surface area (Å²) in [5.74, 6) is 0.468. The average Bonchev–Trinajstić information content (AvgIpc) is 3.78. The summed E-state index contributed by atoms with van der Waals surface area (Å²) in [6.45, 7) is -4.52. The lowest BCUT2D eigenvalue weighted by atomic mass is 9.86. The molecule has 312 valence electrons. The zero-order valence-corrected chi connectivity index (χ0v) is 35.6. The van der Waals surface area contributed by atoms with E-state index in [1.807, 2.05) is 140 Å². The number of fused-ring (bicyclic) bond motifs is 1. The second-order valence-corrected chi connectivity index (χ2v) is 16.8. The van der Waals surface area contributed by atoms with E-state index < -0.39 is 32.8 Å². The maximum atomic E-state index is 12.3. The molecule has 63 heavy (non-hydrogen) atoms. The van der Waals surface area contributed by atoms with Gasteiger partial charge in [-0.05, 0) is 140 Å². The minimum Gasteiger partial charge on any atom is -0.507 e. The Morgan fingerprint density at radius 2 is 1.21 bits per heavy atom. The molecule has 1 N–H and O–H groups in total. The predicted octanol–water partition coefficient (Wildman–Crippen LogP) is 16.0. The van der Waals surface area contributed by atoms with Crippen molar-refractivity contribution in [1.29, 1.82) is 0 Å². The minimum absolute atomic E-state index is 0.0479. The van der Waals surface area contributed by atoms with Gasteiger partial charge in [-0.2, -0.15) is 0 Å². The van der Waals surface area contributed by atoms with E-state index in [2.05, 4.69) is 19.9 Å². The fourth-order valence-corrected chi connectivity index (χ4v) is 8.33. The van der Waals surface area contributed by atoms with Crippen LogP contribution in [0.1, 0.15) is 98.8 Å². The van der Waals surface area contributed by atoms with Crippen LogP contribution in [-0.2, 0) is 5.41 Å². The number of rotatable bonds is 9. The average molecular weight is 834 g/mol. The molecule has 4 nitrogen and oxygen atoms in total. The summed E-state index contributed by atoms with van der Waals surface area (Å²) in [7, 11) is 0. The lowest BCUT2D eigenvalue weighted by Crippen LogP contribution is -2.10. The molecule has 0 saturated heterocycles. The Bertz CT molecular complexity index is 3520. The van der Waals surface area contributed by atoms with Crippen LogP contribution in [0.4, 0.5) is 0 Å². The molecule has 0 atom stereocenters. The number of benzene rings is 7. The quantitative estimate of drug-likeness (QED) is 0.158. The largest absolute Gasteiger partial charge is 0.507 e. The first kappa shape index (κ1) is 29.3. The van der Waals surface area contributed by atoms with Gasteiger partial charge in [0.1, 0.15) is 11.6 Å². The number of aryl methyl sites for hydroxylation is 1. The van der Waals surface area contributed by atoms with Crippen molar-refractivity contribution in [2.24, 2.45) is 0 Å². The first-order valence-corrected chi connectivity index (χ1v) is 21.2. The first-order chi connectivity index (χ1) is 35.3. The highest BCUT2D eigenvalue weighted by Crippen LogP contribution is 2.44. The molecule has 4 heteroatoms. The summed E-state index contributed by atoms with van der Waals surface area (Å²) < 4.78 is 102. The molecule has 0 fully saturated rings. The minimum atomic E-state index is -3.40. The van der Waals surface area contributed by atoms with Gasteiger partial charge in [-0.3, -0.25) is 9.55 Å². The Labute approximate surface area is 389 Å². The molecule has 0 aliphatic carbocycles. The van der Waals surface area contributed by atoms with Crippen molar-refractivity contribution in [2.45, 2.75) is 72.4 Å². The monoisotopic (exact) mass is 834 g/mol. The van der Waals surface area contributed by atoms with Crippen LogP contribution in [0.3, 0.4) is 0 Å². The molecule has 0 unspecified atom stereocenters. The van der Waals surface area contributed by atoms with Crippen molar-refractivity contribution in [3.63, 3.8) is 0 Å². The number of hydrogen-bond acceptors (Lipinski definition) is 3. The Morgan fingerprint density at radius 3 is 1.89 bits per heavy atom. The number of pyridine rings is 1. The summed E-state index contributed by atoms with van der Waals surface area (Å²) >= 11 is 0. The maximum Gasteiger partial charge on any atom is 0.149 e. The first-order valence-electron chi connectivity index (χ1n) is 27.2. The number of hydrogen-bond donors (Lipinski definition) is 1. The second-order valence-electron chi connectivity index (χ2n) is 16.8. The van der Waals surface area contributed by atoms with Crippen molar-refractivity contribution >= 4 is 11.0 Å². The maximum absolute atomic E-state index is 12.3. The highest BCUT2D eigenvalue weighted by Gasteiger charge is 2.25. The number of imidazole rings is 1. The van der Waals surface area contributed by atoms with Crippen LogP contribution in [0, 0.1) is 6.85 Å². The van der Waals surface area contributed by atoms with E-state index in [1.165, 1.54) is 24.3 Å². The molecule has 9 rings (SSSR count). The third-order valence-electron chi connectivity index (χ3n) is 11.8. The molecule has 0 spiro atoms. The molecule has 2 heterocycles. The Kier molecular flexibility index (Phi) is 7.75. The molecule has 9 aromatic rings. The second kappa shape index (κ2) is 16.7. The number of phenolic OH excluding ortho intramolecular Hbond substituents is 1. The lowest BCUT2D eigenvalue weighted by Gasteiger charge is -2.19. The van der Waals surface area contributed by atoms with E-state index >= 15 is 0 Å². The smallest absolute Gasteiger partial charge is 0.149 e. The van der Waals surface area contributed by atoms with Gasteiger partial charge >= 0.3 is 0 Å². The van der Waals surface area contributed by atoms with Gasteiger partial charge in [0.05, 0.1) is 28.0 Å². The molecular formula is C59H55N3O. The van der Waals surface area contributed by atoms with Gasteiger partial charge in [-0.15, -0.1) is 0 Å². The van der Waals surface area contributed by atoms with Gasteiger partial charge in [0.2, 0.25) is 0 Å². The number of phenols is 1. The fraction of sp³-hybridized carbons (Fsp3) is 0.186. The molecule has 0 aliphatic heterocycles. The Morgan fingerprint density at radius 1 is 0.556 bits per heavy atom. The molecule has 7 aromatic carbocycles. The molecule has 2 aromatic heterocycles. The summed E-state index contributed by atoms with van der Waals surface area (Å²) in [4.78, 5) is 10.2. The summed E-state index contributed by atoms with van der Waals surface area (Å²) in [6, 6.07) is 50.0. The molecule has 0 aliphatic rings. The predicted molar refractivity (Wildman–Crippen MR) is 265 cm³/mol. The van der Waals surface area contributed by atoms with Crippen LogP contribution in [-0.4, -0.2) is 19.6 Å². The lowest BCUT2D eigenvalue weighted by molar-refractivity contribution is 0.466. The van der Waals surface area contributed by atoms with Crippen molar-refractivity contribution < 1.29 is 21.6 Å². The van der Waals surface area contributed by atoms with Gasteiger partial charge in [-0.1, -0.05) is 157 Å². The van der Waals surface area contributed by atoms with Crippen LogP contribution >= 0.6 is 0 Å². The molecular weight excluding hydrogens is 767 g/mol. The van der Waals surface area contributed by atoms with Crippen molar-refractivity contribution in [3.8, 4) is 78.6 Å². The summed E-state index contributed by atoms with van der Waals surface area (Å²) in [5, 5.41) is 12.3. The van der Waals surface area contributed by atoms with Gasteiger partial charge < -0.3 is 5.11 Å². The molecule has 0 amide bonds. The zero-order chi connectivity index (χ0) is 54.0. The fourth-order valence-electron chi connectivity index (χ4n) is 8.33. The molecule has 0 saturated carbocycles. The van der Waals surface area contributed by atoms with Crippen LogP contribution in [0.2, 0.25) is 0 Å². The van der Waals surface area contributed by atoms with E-state index in [9.17, 15) is 5.11 Å². The van der Waals surface area contributed by atoms with Gasteiger partial charge in [0.15, 0.2) is 0 Å². The van der Waals surface area contributed by atoms with Crippen molar-refractivity contribution in [3.05, 3.63) is 192 Å². The van der Waals surface area contributed by atoms with Crippen LogP contribution in [0.15, 0.2) is 170 Å². The Balaban J connectivity index is 1.27. The van der Waals surface area contributed by atoms with E-state index in [-0.39, 0.29) is 28.7 Å². The van der Waals surface area contributed by atoms with E-state index in [1.54, 1.807) is 18.3 Å². The van der Waals surface area contributed by atoms with Gasteiger partial charge in [-0.25, -0.2) is 4.98 Å². The summed E-state index contributed by atoms with van der Waals surface area (Å²) in [6.07, 6.45) is 1.63. The van der Waals surface area contributed by atoms with Gasteiger partial charge in [0.25, 0.3) is 0 Å². The van der Waals surface area contributed by atoms with Crippen LogP contribution in [0.25, 0.3) is 83.9 Å². The number of aromatic hydroxyl groups is 1. The van der Waals surface area contributed by atoms with Crippen molar-refractivity contribution in [1.82, 2.24) is 14.5 Å².